The minimum atomic E-state index is 0.630. The van der Waals surface area contributed by atoms with Crippen LogP contribution in [-0.2, 0) is 0 Å². The third-order valence-electron chi connectivity index (χ3n) is 0.890. The molecule has 1 heteroatoms. The van der Waals surface area contributed by atoms with Crippen molar-refractivity contribution in [2.45, 2.75) is 13.8 Å². The van der Waals surface area contributed by atoms with Crippen molar-refractivity contribution in [3.63, 3.8) is 0 Å². The summed E-state index contributed by atoms with van der Waals surface area (Å²) < 4.78 is 7.29. The van der Waals surface area contributed by atoms with Crippen molar-refractivity contribution in [2.24, 2.45) is 0 Å². The monoisotopic (exact) mass is 96.1 g/mol. The molecule has 0 aliphatic rings. The van der Waals surface area contributed by atoms with Crippen LogP contribution >= 0.6 is 0 Å². The van der Waals surface area contributed by atoms with E-state index < -0.39 is 0 Å². The molecule has 0 spiro atoms. The van der Waals surface area contributed by atoms with Crippen molar-refractivity contribution >= 4 is 0 Å². The van der Waals surface area contributed by atoms with Gasteiger partial charge >= 0.3 is 0 Å². The smallest absolute Gasteiger partial charge is 0.0644 e. The molecule has 1 heterocycles. The molecule has 0 bridgehead atoms. The Morgan fingerprint density at radius 3 is 2.57 bits per heavy atom. The van der Waals surface area contributed by atoms with E-state index in [1.807, 2.05) is 20.0 Å². The van der Waals surface area contributed by atoms with Crippen LogP contribution in [-0.4, -0.2) is 4.98 Å². The molecule has 7 heavy (non-hydrogen) atoms. The summed E-state index contributed by atoms with van der Waals surface area (Å²) >= 11 is 0. The van der Waals surface area contributed by atoms with Crippen molar-refractivity contribution in [3.8, 4) is 0 Å². The first kappa shape index (κ1) is 3.30. The number of nitrogens with one attached hydrogen (secondary N) is 1. The van der Waals surface area contributed by atoms with Gasteiger partial charge in [0.15, 0.2) is 0 Å². The van der Waals surface area contributed by atoms with E-state index in [0.717, 1.165) is 11.3 Å². The van der Waals surface area contributed by atoms with Crippen LogP contribution in [0.15, 0.2) is 12.2 Å². The largest absolute Gasteiger partial charge is 0.365 e. The first-order valence-electron chi connectivity index (χ1n) is 2.83. The molecule has 0 saturated heterocycles. The zero-order valence-corrected chi connectivity index (χ0v) is 4.58. The number of aryl methyl sites for hydroxylation is 2. The molecular weight excluding hydrogens is 86.1 g/mol. The van der Waals surface area contributed by atoms with Crippen molar-refractivity contribution < 1.29 is 1.37 Å². The number of H-pyrrole nitrogens is 1. The standard InChI is InChI=1S/C6H9N/c1-5-3-6(2)7-4-5/h3-4,7H,1-2H3/i3D. The van der Waals surface area contributed by atoms with Gasteiger partial charge in [-0.25, -0.2) is 0 Å². The first-order valence-corrected chi connectivity index (χ1v) is 2.33. The second-order valence-corrected chi connectivity index (χ2v) is 1.72. The number of rotatable bonds is 0. The van der Waals surface area contributed by atoms with Gasteiger partial charge in [-0.3, -0.25) is 0 Å². The van der Waals surface area contributed by atoms with Gasteiger partial charge < -0.3 is 4.98 Å². The first-order chi connectivity index (χ1) is 3.72. The Kier molecular flexibility index (Phi) is 0.666. The van der Waals surface area contributed by atoms with Gasteiger partial charge in [-0.15, -0.1) is 0 Å². The maximum Gasteiger partial charge on any atom is 0.0644 e. The Labute approximate surface area is 44.8 Å². The molecule has 1 aromatic heterocycles. The molecule has 1 N–H and O–H groups in total. The quantitative estimate of drug-likeness (QED) is 0.505. The van der Waals surface area contributed by atoms with Crippen molar-refractivity contribution in [1.29, 1.82) is 0 Å². The molecule has 0 fully saturated rings. The molecule has 1 aromatic rings. The Bertz CT molecular complexity index is 171. The highest BCUT2D eigenvalue weighted by atomic mass is 14.7. The number of hydrogen-bond donors (Lipinski definition) is 1. The molecule has 0 amide bonds. The number of hydrogen-bond acceptors (Lipinski definition) is 0. The van der Waals surface area contributed by atoms with Gasteiger partial charge in [0.2, 0.25) is 0 Å². The molecule has 38 valence electrons. The number of aromatic amines is 1. The summed E-state index contributed by atoms with van der Waals surface area (Å²) in [4.78, 5) is 2.95. The highest BCUT2D eigenvalue weighted by molar-refractivity contribution is 5.12. The van der Waals surface area contributed by atoms with E-state index in [0.29, 0.717) is 6.04 Å². The van der Waals surface area contributed by atoms with Gasteiger partial charge in [-0.1, -0.05) is 0 Å². The van der Waals surface area contributed by atoms with Crippen LogP contribution in [0.1, 0.15) is 12.6 Å². The van der Waals surface area contributed by atoms with Gasteiger partial charge in [0.25, 0.3) is 0 Å². The predicted octanol–water partition coefficient (Wildman–Crippen LogP) is 1.63. The molecule has 0 aliphatic carbocycles. The number of aromatic nitrogens is 1. The van der Waals surface area contributed by atoms with Crippen LogP contribution in [0.2, 0.25) is 0 Å². The molecule has 0 unspecified atom stereocenters. The van der Waals surface area contributed by atoms with E-state index in [4.69, 9.17) is 1.37 Å². The van der Waals surface area contributed by atoms with E-state index in [-0.39, 0.29) is 0 Å². The summed E-state index contributed by atoms with van der Waals surface area (Å²) in [6.45, 7) is 3.82. The maximum atomic E-state index is 7.29. The second-order valence-electron chi connectivity index (χ2n) is 1.72. The van der Waals surface area contributed by atoms with Crippen LogP contribution in [0.3, 0.4) is 0 Å². The summed E-state index contributed by atoms with van der Waals surface area (Å²) in [5, 5.41) is 0. The molecule has 0 atom stereocenters. The Morgan fingerprint density at radius 2 is 2.43 bits per heavy atom. The van der Waals surface area contributed by atoms with Crippen molar-refractivity contribution in [2.75, 3.05) is 0 Å². The van der Waals surface area contributed by atoms with E-state index >= 15 is 0 Å². The topological polar surface area (TPSA) is 15.8 Å². The van der Waals surface area contributed by atoms with Crippen molar-refractivity contribution in [1.82, 2.24) is 4.98 Å². The zero-order valence-electron chi connectivity index (χ0n) is 5.58. The van der Waals surface area contributed by atoms with Crippen LogP contribution in [0.4, 0.5) is 0 Å². The summed E-state index contributed by atoms with van der Waals surface area (Å²) in [6, 6.07) is 0.630. The molecule has 1 nitrogen and oxygen atoms in total. The van der Waals surface area contributed by atoms with Gasteiger partial charge in [0.05, 0.1) is 1.37 Å². The lowest BCUT2D eigenvalue weighted by Crippen LogP contribution is -1.59. The third kappa shape index (κ3) is 0.829. The maximum absolute atomic E-state index is 7.29. The summed E-state index contributed by atoms with van der Waals surface area (Å²) in [7, 11) is 0. The van der Waals surface area contributed by atoms with E-state index in [1.165, 1.54) is 0 Å². The Morgan fingerprint density at radius 1 is 1.71 bits per heavy atom. The molecule has 0 radical (unpaired) electrons. The highest BCUT2D eigenvalue weighted by Gasteiger charge is 1.82. The van der Waals surface area contributed by atoms with Gasteiger partial charge in [0, 0.05) is 11.9 Å². The lowest BCUT2D eigenvalue weighted by Gasteiger charge is -1.71. The zero-order chi connectivity index (χ0) is 6.15. The minimum absolute atomic E-state index is 0.630. The fraction of sp³-hybridized carbons (Fsp3) is 0.333. The summed E-state index contributed by atoms with van der Waals surface area (Å²) in [5.74, 6) is 0. The summed E-state index contributed by atoms with van der Waals surface area (Å²) in [5.41, 5.74) is 1.96. The Hall–Kier alpha value is -0.720. The van der Waals surface area contributed by atoms with Crippen LogP contribution < -0.4 is 0 Å². The van der Waals surface area contributed by atoms with Gasteiger partial charge in [0.1, 0.15) is 0 Å². The van der Waals surface area contributed by atoms with Crippen molar-refractivity contribution in [3.05, 3.63) is 23.5 Å². The lowest BCUT2D eigenvalue weighted by atomic mass is 10.4. The Balaban J connectivity index is 3.19. The average Bonchev–Trinajstić information content (AvgIpc) is 1.98. The molecule has 0 saturated carbocycles. The van der Waals surface area contributed by atoms with E-state index in [1.54, 1.807) is 0 Å². The normalized spacial score (nSPS) is 11.4. The highest BCUT2D eigenvalue weighted by Crippen LogP contribution is 1.97. The fourth-order valence-electron chi connectivity index (χ4n) is 0.584. The second kappa shape index (κ2) is 1.41. The van der Waals surface area contributed by atoms with Crippen LogP contribution in [0.5, 0.6) is 0 Å². The van der Waals surface area contributed by atoms with E-state index in [2.05, 4.69) is 4.98 Å². The molecular formula is C6H9N. The van der Waals surface area contributed by atoms with Crippen LogP contribution in [0.25, 0.3) is 0 Å². The molecule has 1 rings (SSSR count). The lowest BCUT2D eigenvalue weighted by molar-refractivity contribution is 1.26. The fourth-order valence-corrected chi connectivity index (χ4v) is 0.584. The summed E-state index contributed by atoms with van der Waals surface area (Å²) in [6.07, 6.45) is 1.84. The third-order valence-corrected chi connectivity index (χ3v) is 0.890. The predicted molar refractivity (Wildman–Crippen MR) is 30.3 cm³/mol. The van der Waals surface area contributed by atoms with Crippen LogP contribution in [0, 0.1) is 13.8 Å². The van der Waals surface area contributed by atoms with Gasteiger partial charge in [-0.2, -0.15) is 0 Å². The SMILES string of the molecule is [2H]c1c(C)c[nH]c1C. The molecule has 0 aliphatic heterocycles. The average molecular weight is 96.2 g/mol. The molecule has 0 aromatic carbocycles. The van der Waals surface area contributed by atoms with Gasteiger partial charge in [-0.05, 0) is 25.5 Å². The van der Waals surface area contributed by atoms with E-state index in [9.17, 15) is 0 Å². The minimum Gasteiger partial charge on any atom is -0.365 e.